The minimum Gasteiger partial charge on any atom is -0.467 e. The summed E-state index contributed by atoms with van der Waals surface area (Å²) < 4.78 is 5.96. The molecule has 0 saturated heterocycles. The van der Waals surface area contributed by atoms with Crippen LogP contribution in [-0.2, 0) is 6.54 Å². The molecular formula is C15H20ClN3O2S. The van der Waals surface area contributed by atoms with E-state index in [1.165, 1.54) is 0 Å². The van der Waals surface area contributed by atoms with Crippen molar-refractivity contribution in [2.75, 3.05) is 20.1 Å². The van der Waals surface area contributed by atoms with Crippen LogP contribution in [0.4, 0.5) is 0 Å². The van der Waals surface area contributed by atoms with Crippen LogP contribution < -0.4 is 5.32 Å². The fourth-order valence-corrected chi connectivity index (χ4v) is 3.10. The molecule has 2 N–H and O–H groups in total. The van der Waals surface area contributed by atoms with Gasteiger partial charge in [0, 0.05) is 18.5 Å². The molecule has 2 aromatic heterocycles. The smallest absolute Gasteiger partial charge is 0.194 e. The molecule has 120 valence electrons. The molecule has 0 bridgehead atoms. The molecule has 0 saturated carbocycles. The van der Waals surface area contributed by atoms with Crippen molar-refractivity contribution in [3.05, 3.63) is 45.5 Å². The van der Waals surface area contributed by atoms with Gasteiger partial charge in [0.2, 0.25) is 0 Å². The number of aliphatic imine (C=N–C) groups is 1. The van der Waals surface area contributed by atoms with E-state index in [4.69, 9.17) is 16.0 Å². The summed E-state index contributed by atoms with van der Waals surface area (Å²) >= 11 is 7.51. The van der Waals surface area contributed by atoms with Gasteiger partial charge in [-0.15, -0.1) is 11.3 Å². The van der Waals surface area contributed by atoms with Crippen molar-refractivity contribution >= 4 is 28.9 Å². The second kappa shape index (κ2) is 8.22. The predicted molar refractivity (Wildman–Crippen MR) is 90.4 cm³/mol. The normalized spacial score (nSPS) is 13.2. The lowest BCUT2D eigenvalue weighted by Crippen LogP contribution is -2.38. The molecule has 2 rings (SSSR count). The highest BCUT2D eigenvalue weighted by molar-refractivity contribution is 7.16. The Kier molecular flexibility index (Phi) is 6.30. The summed E-state index contributed by atoms with van der Waals surface area (Å²) in [6, 6.07) is 7.38. The van der Waals surface area contributed by atoms with Crippen LogP contribution in [0, 0.1) is 0 Å². The van der Waals surface area contributed by atoms with Crippen LogP contribution in [0.15, 0.2) is 39.9 Å². The molecule has 2 heterocycles. The molecule has 5 nitrogen and oxygen atoms in total. The first-order valence-corrected chi connectivity index (χ1v) is 8.24. The molecule has 2 aromatic rings. The molecule has 0 fully saturated rings. The predicted octanol–water partition coefficient (Wildman–Crippen LogP) is 3.13. The highest BCUT2D eigenvalue weighted by Gasteiger charge is 2.12. The van der Waals surface area contributed by atoms with Gasteiger partial charge in [-0.25, -0.2) is 4.99 Å². The average Bonchev–Trinajstić information content (AvgIpc) is 3.14. The Labute approximate surface area is 139 Å². The van der Waals surface area contributed by atoms with E-state index in [1.54, 1.807) is 29.7 Å². The summed E-state index contributed by atoms with van der Waals surface area (Å²) in [5.74, 6) is 1.25. The number of nitrogens with one attached hydrogen (secondary N) is 1. The number of nitrogens with zero attached hydrogens (tertiary/aromatic N) is 2. The van der Waals surface area contributed by atoms with Crippen molar-refractivity contribution < 1.29 is 9.52 Å². The van der Waals surface area contributed by atoms with Crippen molar-refractivity contribution in [2.24, 2.45) is 4.99 Å². The third-order valence-electron chi connectivity index (χ3n) is 3.00. The van der Waals surface area contributed by atoms with Crippen LogP contribution in [0.3, 0.4) is 0 Å². The van der Waals surface area contributed by atoms with Gasteiger partial charge >= 0.3 is 0 Å². The number of thiophene rings is 1. The molecule has 22 heavy (non-hydrogen) atoms. The lowest BCUT2D eigenvalue weighted by atomic mass is 10.3. The van der Waals surface area contributed by atoms with Crippen molar-refractivity contribution in [2.45, 2.75) is 19.6 Å². The van der Waals surface area contributed by atoms with Crippen LogP contribution in [0.2, 0.25) is 4.34 Å². The monoisotopic (exact) mass is 341 g/mol. The first kappa shape index (κ1) is 16.9. The van der Waals surface area contributed by atoms with Gasteiger partial charge in [0.05, 0.1) is 23.7 Å². The Morgan fingerprint density at radius 3 is 2.91 bits per heavy atom. The number of halogens is 1. The third-order valence-corrected chi connectivity index (χ3v) is 4.22. The molecule has 0 aromatic carbocycles. The van der Waals surface area contributed by atoms with E-state index in [1.807, 2.05) is 31.0 Å². The van der Waals surface area contributed by atoms with Crippen LogP contribution >= 0.6 is 22.9 Å². The highest BCUT2D eigenvalue weighted by Crippen LogP contribution is 2.22. The Balaban J connectivity index is 1.99. The van der Waals surface area contributed by atoms with Gasteiger partial charge in [-0.1, -0.05) is 11.6 Å². The van der Waals surface area contributed by atoms with Gasteiger partial charge in [-0.05, 0) is 31.2 Å². The maximum absolute atomic E-state index is 10.0. The molecule has 0 radical (unpaired) electrons. The van der Waals surface area contributed by atoms with E-state index >= 15 is 0 Å². The number of hydrogen-bond donors (Lipinski definition) is 2. The Bertz CT molecular complexity index is 598. The van der Waals surface area contributed by atoms with Gasteiger partial charge in [0.1, 0.15) is 11.9 Å². The fourth-order valence-electron chi connectivity index (χ4n) is 1.96. The lowest BCUT2D eigenvalue weighted by Gasteiger charge is -2.21. The molecule has 0 aliphatic rings. The minimum absolute atomic E-state index is 0.241. The topological polar surface area (TPSA) is 61.0 Å². The Hall–Kier alpha value is -1.50. The first-order valence-electron chi connectivity index (χ1n) is 7.05. The van der Waals surface area contributed by atoms with Crippen LogP contribution in [0.25, 0.3) is 0 Å². The molecule has 7 heteroatoms. The minimum atomic E-state index is -0.742. The van der Waals surface area contributed by atoms with Crippen molar-refractivity contribution in [3.8, 4) is 0 Å². The summed E-state index contributed by atoms with van der Waals surface area (Å²) in [6.45, 7) is 3.71. The van der Waals surface area contributed by atoms with Gasteiger partial charge in [0.15, 0.2) is 5.96 Å². The van der Waals surface area contributed by atoms with Crippen molar-refractivity contribution in [1.82, 2.24) is 10.2 Å². The summed E-state index contributed by atoms with van der Waals surface area (Å²) in [7, 11) is 1.95. The number of aliphatic hydroxyl groups excluding tert-OH is 1. The fraction of sp³-hybridized carbons (Fsp3) is 0.400. The second-order valence-corrected chi connectivity index (χ2v) is 6.59. The highest BCUT2D eigenvalue weighted by atomic mass is 35.5. The van der Waals surface area contributed by atoms with Gasteiger partial charge in [-0.3, -0.25) is 0 Å². The standard InChI is InChI=1S/C15H20ClN3O2S/c1-3-17-15(18-9-12(20)13-5-4-8-21-13)19(2)10-11-6-7-14(16)22-11/h4-8,12,20H,3,9-10H2,1-2H3,(H,17,18). The van der Waals surface area contributed by atoms with Crippen LogP contribution in [0.1, 0.15) is 23.7 Å². The van der Waals surface area contributed by atoms with E-state index in [2.05, 4.69) is 10.3 Å². The van der Waals surface area contributed by atoms with Gasteiger partial charge in [0.25, 0.3) is 0 Å². The maximum atomic E-state index is 10.0. The summed E-state index contributed by atoms with van der Waals surface area (Å²) in [5, 5.41) is 13.3. The number of guanidine groups is 1. The number of rotatable bonds is 6. The van der Waals surface area contributed by atoms with E-state index in [-0.39, 0.29) is 6.54 Å². The zero-order chi connectivity index (χ0) is 15.9. The van der Waals surface area contributed by atoms with Gasteiger partial charge in [-0.2, -0.15) is 0 Å². The molecule has 1 unspecified atom stereocenters. The zero-order valence-corrected chi connectivity index (χ0v) is 14.2. The van der Waals surface area contributed by atoms with Gasteiger partial charge < -0.3 is 19.7 Å². The Morgan fingerprint density at radius 1 is 1.50 bits per heavy atom. The zero-order valence-electron chi connectivity index (χ0n) is 12.6. The van der Waals surface area contributed by atoms with E-state index in [0.29, 0.717) is 12.3 Å². The SMILES string of the molecule is CCNC(=NCC(O)c1ccco1)N(C)Cc1ccc(Cl)s1. The molecule has 1 atom stereocenters. The summed E-state index contributed by atoms with van der Waals surface area (Å²) in [4.78, 5) is 7.62. The van der Waals surface area contributed by atoms with Crippen molar-refractivity contribution in [3.63, 3.8) is 0 Å². The third kappa shape index (κ3) is 4.76. The summed E-state index contributed by atoms with van der Waals surface area (Å²) in [6.07, 6.45) is 0.799. The maximum Gasteiger partial charge on any atom is 0.194 e. The van der Waals surface area contributed by atoms with E-state index in [9.17, 15) is 5.11 Å². The largest absolute Gasteiger partial charge is 0.467 e. The molecule has 0 aliphatic heterocycles. The number of aliphatic hydroxyl groups is 1. The Morgan fingerprint density at radius 2 is 2.32 bits per heavy atom. The van der Waals surface area contributed by atoms with Crippen molar-refractivity contribution in [1.29, 1.82) is 0 Å². The van der Waals surface area contributed by atoms with Crippen LogP contribution in [0.5, 0.6) is 0 Å². The number of hydrogen-bond acceptors (Lipinski definition) is 4. The molecule has 0 amide bonds. The number of furan rings is 1. The first-order chi connectivity index (χ1) is 10.6. The molecule has 0 spiro atoms. The van der Waals surface area contributed by atoms with E-state index in [0.717, 1.165) is 21.7 Å². The molecule has 0 aliphatic carbocycles. The summed E-state index contributed by atoms with van der Waals surface area (Å²) in [5.41, 5.74) is 0. The van der Waals surface area contributed by atoms with E-state index < -0.39 is 6.10 Å². The lowest BCUT2D eigenvalue weighted by molar-refractivity contribution is 0.158. The molecular weight excluding hydrogens is 322 g/mol. The quantitative estimate of drug-likeness (QED) is 0.626. The van der Waals surface area contributed by atoms with Crippen LogP contribution in [-0.4, -0.2) is 36.1 Å². The second-order valence-electron chi connectivity index (χ2n) is 4.79. The average molecular weight is 342 g/mol.